The first-order valence-electron chi connectivity index (χ1n) is 12.9. The number of carbonyl (C=O) groups excluding carboxylic acids is 4. The Hall–Kier alpha value is -5.57. The second-order valence-electron chi connectivity index (χ2n) is 9.47. The van der Waals surface area contributed by atoms with Crippen molar-refractivity contribution >= 4 is 40.7 Å². The molecule has 1 unspecified atom stereocenters. The first-order chi connectivity index (χ1) is 19.8. The molecule has 1 atom stereocenters. The molecule has 0 aliphatic carbocycles. The number of Topliss-reactive ketones (excluding diaryl/α,β-unsaturated/α-hetero) is 1. The van der Waals surface area contributed by atoms with Crippen molar-refractivity contribution in [3.63, 3.8) is 0 Å². The number of amides is 4. The summed E-state index contributed by atoms with van der Waals surface area (Å²) in [5, 5.41) is 5.26. The second-order valence-corrected chi connectivity index (χ2v) is 9.47. The van der Waals surface area contributed by atoms with Crippen LogP contribution >= 0.6 is 0 Å². The Morgan fingerprint density at radius 3 is 2.34 bits per heavy atom. The fourth-order valence-corrected chi connectivity index (χ4v) is 4.67. The predicted molar refractivity (Wildman–Crippen MR) is 157 cm³/mol. The summed E-state index contributed by atoms with van der Waals surface area (Å²) >= 11 is 0. The number of urea groups is 1. The summed E-state index contributed by atoms with van der Waals surface area (Å²) in [5.41, 5.74) is 9.54. The number of benzodiazepines with no additional fused rings is 1. The molecule has 0 radical (unpaired) electrons. The number of nitrogens with zero attached hydrogens (tertiary/aromatic N) is 2. The number of primary amides is 1. The lowest BCUT2D eigenvalue weighted by molar-refractivity contribution is -0.120. The van der Waals surface area contributed by atoms with Gasteiger partial charge < -0.3 is 21.3 Å². The van der Waals surface area contributed by atoms with Crippen molar-refractivity contribution in [2.75, 3.05) is 16.8 Å². The van der Waals surface area contributed by atoms with E-state index in [0.717, 1.165) is 11.1 Å². The van der Waals surface area contributed by atoms with Crippen molar-refractivity contribution in [2.45, 2.75) is 13.1 Å². The van der Waals surface area contributed by atoms with E-state index in [4.69, 9.17) is 10.7 Å². The molecule has 0 aromatic heterocycles. The van der Waals surface area contributed by atoms with Crippen LogP contribution in [0.5, 0.6) is 0 Å². The fourth-order valence-electron chi connectivity index (χ4n) is 4.67. The molecular weight excluding hydrogens is 518 g/mol. The van der Waals surface area contributed by atoms with Crippen LogP contribution in [0, 0.1) is 6.92 Å². The molecule has 0 bridgehead atoms. The molecule has 0 fully saturated rings. The number of rotatable bonds is 7. The molecule has 1 aliphatic rings. The number of aliphatic imine (C=N–C) groups is 1. The predicted octanol–water partition coefficient (Wildman–Crippen LogP) is 4.31. The zero-order valence-corrected chi connectivity index (χ0v) is 22.2. The van der Waals surface area contributed by atoms with Crippen molar-refractivity contribution < 1.29 is 19.2 Å². The number of nitrogens with one attached hydrogen (secondary N) is 2. The minimum absolute atomic E-state index is 0.217. The van der Waals surface area contributed by atoms with E-state index in [1.165, 1.54) is 17.0 Å². The topological polar surface area (TPSA) is 134 Å². The van der Waals surface area contributed by atoms with Crippen molar-refractivity contribution in [2.24, 2.45) is 10.7 Å². The van der Waals surface area contributed by atoms with Crippen LogP contribution in [0.15, 0.2) is 108 Å². The minimum Gasteiger partial charge on any atom is -0.366 e. The van der Waals surface area contributed by atoms with Crippen LogP contribution in [-0.4, -0.2) is 42.1 Å². The molecule has 1 heterocycles. The number of nitrogens with two attached hydrogens (primary N) is 1. The van der Waals surface area contributed by atoms with Gasteiger partial charge in [-0.2, -0.15) is 0 Å². The Morgan fingerprint density at radius 1 is 0.878 bits per heavy atom. The van der Waals surface area contributed by atoms with Crippen LogP contribution in [0.2, 0.25) is 0 Å². The summed E-state index contributed by atoms with van der Waals surface area (Å²) in [4.78, 5) is 58.2. The number of fused-ring (bicyclic) bond motifs is 1. The normalized spacial score (nSPS) is 14.4. The van der Waals surface area contributed by atoms with Crippen LogP contribution in [0.3, 0.4) is 0 Å². The van der Waals surface area contributed by atoms with E-state index in [0.29, 0.717) is 28.2 Å². The monoisotopic (exact) mass is 545 g/mol. The summed E-state index contributed by atoms with van der Waals surface area (Å²) in [7, 11) is 0. The first-order valence-corrected chi connectivity index (χ1v) is 12.9. The van der Waals surface area contributed by atoms with Gasteiger partial charge in [-0.3, -0.25) is 14.4 Å². The fraction of sp³-hybridized carbons (Fsp3) is 0.0938. The second kappa shape index (κ2) is 11.7. The number of benzene rings is 4. The number of ketones is 1. The quantitative estimate of drug-likeness (QED) is 0.298. The SMILES string of the molecule is Cc1ccccc1C(=O)CN1C(=O)C(NC(=O)Nc2cccc(C(N)=O)c2)N=C(c2ccccc2)c2ccccc21. The van der Waals surface area contributed by atoms with Crippen molar-refractivity contribution in [3.8, 4) is 0 Å². The highest BCUT2D eigenvalue weighted by Crippen LogP contribution is 2.29. The zero-order valence-electron chi connectivity index (χ0n) is 22.2. The number of aryl methyl sites for hydroxylation is 1. The maximum atomic E-state index is 14.0. The third-order valence-electron chi connectivity index (χ3n) is 6.68. The Bertz CT molecular complexity index is 1680. The molecule has 9 nitrogen and oxygen atoms in total. The standard InChI is InChI=1S/C32H27N5O4/c1-20-10-5-6-15-24(20)27(38)19-37-26-17-8-7-16-25(26)28(21-11-3-2-4-12-21)35-30(31(37)40)36-32(41)34-23-14-9-13-22(18-23)29(33)39/h2-18,30H,19H2,1H3,(H2,33,39)(H2,34,36,41). The molecule has 4 aromatic rings. The number of hydrogen-bond acceptors (Lipinski definition) is 5. The van der Waals surface area contributed by atoms with Crippen LogP contribution < -0.4 is 21.3 Å². The third kappa shape index (κ3) is 5.89. The van der Waals surface area contributed by atoms with Gasteiger partial charge in [-0.15, -0.1) is 0 Å². The van der Waals surface area contributed by atoms with Gasteiger partial charge in [-0.1, -0.05) is 78.9 Å². The van der Waals surface area contributed by atoms with E-state index >= 15 is 0 Å². The lowest BCUT2D eigenvalue weighted by Gasteiger charge is -2.25. The zero-order chi connectivity index (χ0) is 28.9. The van der Waals surface area contributed by atoms with Gasteiger partial charge in [0.05, 0.1) is 17.9 Å². The average molecular weight is 546 g/mol. The van der Waals surface area contributed by atoms with Gasteiger partial charge in [0.25, 0.3) is 5.91 Å². The number of para-hydroxylation sites is 1. The van der Waals surface area contributed by atoms with E-state index in [1.54, 1.807) is 36.4 Å². The summed E-state index contributed by atoms with van der Waals surface area (Å²) in [6.45, 7) is 1.59. The number of hydrogen-bond donors (Lipinski definition) is 3. The average Bonchev–Trinajstić information content (AvgIpc) is 3.08. The molecule has 4 amide bonds. The van der Waals surface area contributed by atoms with E-state index in [-0.39, 0.29) is 17.9 Å². The van der Waals surface area contributed by atoms with Crippen LogP contribution in [0.25, 0.3) is 0 Å². The maximum absolute atomic E-state index is 14.0. The molecule has 4 N–H and O–H groups in total. The molecule has 1 aliphatic heterocycles. The van der Waals surface area contributed by atoms with Gasteiger partial charge in [0.15, 0.2) is 5.78 Å². The highest BCUT2D eigenvalue weighted by atomic mass is 16.2. The van der Waals surface area contributed by atoms with Crippen molar-refractivity contribution in [1.29, 1.82) is 0 Å². The van der Waals surface area contributed by atoms with Gasteiger partial charge in [0.1, 0.15) is 0 Å². The Kier molecular flexibility index (Phi) is 7.69. The molecule has 0 saturated heterocycles. The highest BCUT2D eigenvalue weighted by molar-refractivity contribution is 6.21. The van der Waals surface area contributed by atoms with Crippen molar-refractivity contribution in [1.82, 2.24) is 5.32 Å². The third-order valence-corrected chi connectivity index (χ3v) is 6.68. The maximum Gasteiger partial charge on any atom is 0.321 e. The number of anilines is 2. The highest BCUT2D eigenvalue weighted by Gasteiger charge is 2.34. The van der Waals surface area contributed by atoms with Gasteiger partial charge in [0.2, 0.25) is 12.1 Å². The van der Waals surface area contributed by atoms with Gasteiger partial charge in [-0.25, -0.2) is 9.79 Å². The summed E-state index contributed by atoms with van der Waals surface area (Å²) in [6.07, 6.45) is -1.36. The molecule has 9 heteroatoms. The van der Waals surface area contributed by atoms with Crippen LogP contribution in [0.1, 0.15) is 37.4 Å². The summed E-state index contributed by atoms with van der Waals surface area (Å²) in [5.74, 6) is -1.47. The van der Waals surface area contributed by atoms with Gasteiger partial charge in [-0.05, 0) is 36.8 Å². The minimum atomic E-state index is -1.36. The Morgan fingerprint density at radius 2 is 1.59 bits per heavy atom. The number of carbonyl (C=O) groups is 4. The molecule has 41 heavy (non-hydrogen) atoms. The van der Waals surface area contributed by atoms with Gasteiger partial charge >= 0.3 is 6.03 Å². The summed E-state index contributed by atoms with van der Waals surface area (Å²) in [6, 6.07) is 29.1. The molecule has 5 rings (SSSR count). The molecular formula is C32H27N5O4. The molecule has 0 spiro atoms. The van der Waals surface area contributed by atoms with E-state index in [9.17, 15) is 19.2 Å². The van der Waals surface area contributed by atoms with E-state index in [1.807, 2.05) is 61.5 Å². The van der Waals surface area contributed by atoms with Crippen molar-refractivity contribution in [3.05, 3.63) is 131 Å². The van der Waals surface area contributed by atoms with Gasteiger partial charge in [0, 0.05) is 27.9 Å². The molecule has 0 saturated carbocycles. The Labute approximate surface area is 236 Å². The van der Waals surface area contributed by atoms with E-state index < -0.39 is 24.0 Å². The Balaban J connectivity index is 1.53. The molecule has 4 aromatic carbocycles. The first kappa shape index (κ1) is 27.0. The van der Waals surface area contributed by atoms with Crippen LogP contribution in [-0.2, 0) is 4.79 Å². The lowest BCUT2D eigenvalue weighted by Crippen LogP contribution is -2.50. The van der Waals surface area contributed by atoms with Crippen LogP contribution in [0.4, 0.5) is 16.2 Å². The lowest BCUT2D eigenvalue weighted by atomic mass is 9.99. The molecule has 204 valence electrons. The summed E-state index contributed by atoms with van der Waals surface area (Å²) < 4.78 is 0. The smallest absolute Gasteiger partial charge is 0.321 e. The largest absolute Gasteiger partial charge is 0.366 e. The van der Waals surface area contributed by atoms with E-state index in [2.05, 4.69) is 10.6 Å².